The van der Waals surface area contributed by atoms with Crippen molar-refractivity contribution in [3.05, 3.63) is 59.1 Å². The molecule has 33 heavy (non-hydrogen) atoms. The van der Waals surface area contributed by atoms with E-state index in [9.17, 15) is 26.4 Å². The number of hydrogen-bond acceptors (Lipinski definition) is 4. The van der Waals surface area contributed by atoms with Gasteiger partial charge in [0, 0.05) is 26.2 Å². The van der Waals surface area contributed by atoms with E-state index in [2.05, 4.69) is 4.74 Å². The van der Waals surface area contributed by atoms with E-state index in [4.69, 9.17) is 11.6 Å². The van der Waals surface area contributed by atoms with Crippen LogP contribution in [0.5, 0.6) is 5.75 Å². The molecular formula is C22H22ClF3N2O4S. The number of alkyl halides is 3. The monoisotopic (exact) mass is 502 g/mol. The molecule has 2 aromatic carbocycles. The molecule has 0 aromatic heterocycles. The third-order valence-electron chi connectivity index (χ3n) is 6.27. The second kappa shape index (κ2) is 8.81. The van der Waals surface area contributed by atoms with Crippen molar-refractivity contribution in [2.24, 2.45) is 5.41 Å². The zero-order chi connectivity index (χ0) is 23.9. The Kier molecular flexibility index (Phi) is 6.36. The summed E-state index contributed by atoms with van der Waals surface area (Å²) in [7, 11) is -3.75. The molecule has 0 saturated carbocycles. The molecule has 0 radical (unpaired) electrons. The SMILES string of the molecule is O=C1N(Cc2ccc(OC(F)(F)F)cc2)CCC12CCN(S(=O)(=O)c1ccccc1Cl)CC2. The second-order valence-electron chi connectivity index (χ2n) is 8.28. The number of benzene rings is 2. The minimum absolute atomic E-state index is 0.0482. The van der Waals surface area contributed by atoms with Gasteiger partial charge in [0.2, 0.25) is 15.9 Å². The number of halogens is 4. The molecule has 1 amide bonds. The van der Waals surface area contributed by atoms with Gasteiger partial charge in [-0.05, 0) is 49.1 Å². The Hall–Kier alpha value is -2.30. The van der Waals surface area contributed by atoms with Crippen LogP contribution in [0.25, 0.3) is 0 Å². The fraction of sp³-hybridized carbons (Fsp3) is 0.409. The van der Waals surface area contributed by atoms with Crippen LogP contribution >= 0.6 is 11.6 Å². The molecule has 0 bridgehead atoms. The summed E-state index contributed by atoms with van der Waals surface area (Å²) in [4.78, 5) is 14.9. The van der Waals surface area contributed by atoms with E-state index in [1.54, 1.807) is 17.0 Å². The molecule has 178 valence electrons. The summed E-state index contributed by atoms with van der Waals surface area (Å²) in [6.07, 6.45) is -3.33. The summed E-state index contributed by atoms with van der Waals surface area (Å²) in [5, 5.41) is 0.160. The second-order valence-corrected chi connectivity index (χ2v) is 10.6. The topological polar surface area (TPSA) is 66.9 Å². The molecule has 0 atom stereocenters. The molecule has 2 heterocycles. The minimum atomic E-state index is -4.76. The van der Waals surface area contributed by atoms with E-state index in [0.29, 0.717) is 31.4 Å². The molecule has 2 saturated heterocycles. The number of carbonyl (C=O) groups excluding carboxylic acids is 1. The molecular weight excluding hydrogens is 481 g/mol. The Bertz CT molecular complexity index is 1130. The number of rotatable bonds is 5. The highest BCUT2D eigenvalue weighted by atomic mass is 35.5. The van der Waals surface area contributed by atoms with E-state index < -0.39 is 21.8 Å². The van der Waals surface area contributed by atoms with E-state index in [1.807, 2.05) is 0 Å². The van der Waals surface area contributed by atoms with Gasteiger partial charge in [-0.2, -0.15) is 4.31 Å². The Morgan fingerprint density at radius 2 is 1.58 bits per heavy atom. The van der Waals surface area contributed by atoms with Crippen LogP contribution in [0.4, 0.5) is 13.2 Å². The minimum Gasteiger partial charge on any atom is -0.406 e. The molecule has 2 aromatic rings. The maximum atomic E-state index is 13.2. The first-order valence-electron chi connectivity index (χ1n) is 10.4. The maximum absolute atomic E-state index is 13.2. The summed E-state index contributed by atoms with van der Waals surface area (Å²) in [5.74, 6) is -0.365. The molecule has 0 N–H and O–H groups in total. The van der Waals surface area contributed by atoms with Gasteiger partial charge in [0.15, 0.2) is 0 Å². The van der Waals surface area contributed by atoms with E-state index in [-0.39, 0.29) is 41.2 Å². The molecule has 2 fully saturated rings. The van der Waals surface area contributed by atoms with E-state index in [1.165, 1.54) is 40.7 Å². The van der Waals surface area contributed by atoms with Crippen molar-refractivity contribution in [2.75, 3.05) is 19.6 Å². The van der Waals surface area contributed by atoms with Gasteiger partial charge in [-0.25, -0.2) is 8.42 Å². The first-order valence-corrected chi connectivity index (χ1v) is 12.2. The van der Waals surface area contributed by atoms with Crippen molar-refractivity contribution in [1.82, 2.24) is 9.21 Å². The number of nitrogens with zero attached hydrogens (tertiary/aromatic N) is 2. The third kappa shape index (κ3) is 4.97. The molecule has 2 aliphatic heterocycles. The Morgan fingerprint density at radius 1 is 0.970 bits per heavy atom. The molecule has 4 rings (SSSR count). The third-order valence-corrected chi connectivity index (χ3v) is 8.66. The van der Waals surface area contributed by atoms with Gasteiger partial charge in [-0.1, -0.05) is 35.9 Å². The molecule has 6 nitrogen and oxygen atoms in total. The lowest BCUT2D eigenvalue weighted by Gasteiger charge is -2.37. The predicted octanol–water partition coefficient (Wildman–Crippen LogP) is 4.44. The zero-order valence-electron chi connectivity index (χ0n) is 17.5. The number of likely N-dealkylation sites (tertiary alicyclic amines) is 1. The lowest BCUT2D eigenvalue weighted by Crippen LogP contribution is -2.46. The lowest BCUT2D eigenvalue weighted by atomic mass is 9.77. The number of carbonyl (C=O) groups is 1. The first kappa shape index (κ1) is 23.8. The van der Waals surface area contributed by atoms with Crippen LogP contribution in [-0.2, 0) is 21.4 Å². The number of ether oxygens (including phenoxy) is 1. The molecule has 2 aliphatic rings. The largest absolute Gasteiger partial charge is 0.573 e. The predicted molar refractivity (Wildman–Crippen MR) is 115 cm³/mol. The van der Waals surface area contributed by atoms with Crippen LogP contribution in [0.3, 0.4) is 0 Å². The maximum Gasteiger partial charge on any atom is 0.573 e. The van der Waals surface area contributed by atoms with Crippen LogP contribution in [0.15, 0.2) is 53.4 Å². The van der Waals surface area contributed by atoms with Gasteiger partial charge < -0.3 is 9.64 Å². The van der Waals surface area contributed by atoms with Crippen molar-refractivity contribution in [3.63, 3.8) is 0 Å². The summed E-state index contributed by atoms with van der Waals surface area (Å²) in [6.45, 7) is 1.22. The fourth-order valence-corrected chi connectivity index (χ4v) is 6.41. The molecule has 0 unspecified atom stereocenters. The van der Waals surface area contributed by atoms with Crippen LogP contribution in [0.1, 0.15) is 24.8 Å². The van der Waals surface area contributed by atoms with Crippen molar-refractivity contribution in [2.45, 2.75) is 37.1 Å². The normalized spacial score (nSPS) is 19.3. The number of piperidine rings is 1. The van der Waals surface area contributed by atoms with Gasteiger partial charge in [0.1, 0.15) is 10.6 Å². The van der Waals surface area contributed by atoms with Crippen LogP contribution < -0.4 is 4.74 Å². The Morgan fingerprint density at radius 3 is 2.18 bits per heavy atom. The lowest BCUT2D eigenvalue weighted by molar-refractivity contribution is -0.274. The number of sulfonamides is 1. The van der Waals surface area contributed by atoms with E-state index in [0.717, 1.165) is 0 Å². The molecule has 0 aliphatic carbocycles. The average molecular weight is 503 g/mol. The fourth-order valence-electron chi connectivity index (χ4n) is 4.47. The van der Waals surface area contributed by atoms with Crippen molar-refractivity contribution >= 4 is 27.5 Å². The van der Waals surface area contributed by atoms with Crippen LogP contribution in [-0.4, -0.2) is 49.5 Å². The summed E-state index contributed by atoms with van der Waals surface area (Å²) in [5.41, 5.74) is 0.0694. The summed E-state index contributed by atoms with van der Waals surface area (Å²) in [6, 6.07) is 11.7. The highest BCUT2D eigenvalue weighted by Crippen LogP contribution is 2.43. The Balaban J connectivity index is 1.39. The molecule has 1 spiro atoms. The van der Waals surface area contributed by atoms with Crippen LogP contribution in [0, 0.1) is 5.41 Å². The highest BCUT2D eigenvalue weighted by molar-refractivity contribution is 7.89. The summed E-state index contributed by atoms with van der Waals surface area (Å²) < 4.78 is 68.2. The van der Waals surface area contributed by atoms with Crippen molar-refractivity contribution in [1.29, 1.82) is 0 Å². The van der Waals surface area contributed by atoms with Crippen molar-refractivity contribution < 1.29 is 31.1 Å². The van der Waals surface area contributed by atoms with Gasteiger partial charge in [0.05, 0.1) is 10.4 Å². The zero-order valence-corrected chi connectivity index (χ0v) is 19.1. The summed E-state index contributed by atoms with van der Waals surface area (Å²) >= 11 is 6.08. The first-order chi connectivity index (χ1) is 15.5. The van der Waals surface area contributed by atoms with Gasteiger partial charge >= 0.3 is 6.36 Å². The number of amides is 1. The van der Waals surface area contributed by atoms with Gasteiger partial charge in [-0.15, -0.1) is 13.2 Å². The van der Waals surface area contributed by atoms with Gasteiger partial charge in [-0.3, -0.25) is 4.79 Å². The highest BCUT2D eigenvalue weighted by Gasteiger charge is 2.49. The van der Waals surface area contributed by atoms with Crippen LogP contribution in [0.2, 0.25) is 5.02 Å². The Labute approximate surface area is 194 Å². The van der Waals surface area contributed by atoms with Gasteiger partial charge in [0.25, 0.3) is 0 Å². The molecule has 11 heteroatoms. The average Bonchev–Trinajstić information content (AvgIpc) is 3.04. The van der Waals surface area contributed by atoms with Crippen molar-refractivity contribution in [3.8, 4) is 5.75 Å². The smallest absolute Gasteiger partial charge is 0.406 e. The number of hydrogen-bond donors (Lipinski definition) is 0. The van der Waals surface area contributed by atoms with E-state index >= 15 is 0 Å². The quantitative estimate of drug-likeness (QED) is 0.606. The standard InChI is InChI=1S/C22H22ClF3N2O4S/c23-18-3-1-2-4-19(18)33(30,31)28-13-10-21(11-14-28)9-12-27(20(21)29)15-16-5-7-17(8-6-16)32-22(24,25)26/h1-8H,9-15H2.